The Kier molecular flexibility index (Phi) is 5.96. The summed E-state index contributed by atoms with van der Waals surface area (Å²) in [7, 11) is 0. The summed E-state index contributed by atoms with van der Waals surface area (Å²) in [6, 6.07) is 7.69. The maximum Gasteiger partial charge on any atom is 0.318 e. The molecule has 0 aliphatic carbocycles. The standard InChI is InChI=1S/C18H21ClN6O3/c1-12(16(26)22-18(20)28)23-7-9-24(10-8-23)14-11-21-25(17(27)15(14)19)13-5-3-2-4-6-13/h2-6,11-12H,7-10H2,1H3,(H3,20,22,26,28). The number of rotatable bonds is 4. The maximum atomic E-state index is 12.6. The van der Waals surface area contributed by atoms with Crippen molar-refractivity contribution in [2.45, 2.75) is 13.0 Å². The van der Waals surface area contributed by atoms with Crippen molar-refractivity contribution >= 4 is 29.2 Å². The van der Waals surface area contributed by atoms with Crippen LogP contribution in [-0.2, 0) is 4.79 Å². The third kappa shape index (κ3) is 4.15. The lowest BCUT2D eigenvalue weighted by atomic mass is 10.2. The SMILES string of the molecule is CC(C(=O)NC(N)=O)N1CCN(c2cnn(-c3ccccc3)c(=O)c2Cl)CC1. The molecule has 1 aliphatic heterocycles. The van der Waals surface area contributed by atoms with Gasteiger partial charge in [-0.25, -0.2) is 4.79 Å². The number of primary amides is 1. The first-order chi connectivity index (χ1) is 13.4. The van der Waals surface area contributed by atoms with E-state index < -0.39 is 18.0 Å². The zero-order valence-electron chi connectivity index (χ0n) is 15.3. The molecule has 9 nitrogen and oxygen atoms in total. The third-order valence-corrected chi connectivity index (χ3v) is 5.09. The van der Waals surface area contributed by atoms with E-state index in [1.807, 2.05) is 28.0 Å². The highest BCUT2D eigenvalue weighted by Crippen LogP contribution is 2.23. The van der Waals surface area contributed by atoms with Crippen molar-refractivity contribution in [3.05, 3.63) is 51.9 Å². The predicted octanol–water partition coefficient (Wildman–Crippen LogP) is 0.591. The van der Waals surface area contributed by atoms with Crippen molar-refractivity contribution in [2.24, 2.45) is 5.73 Å². The van der Waals surface area contributed by atoms with Crippen LogP contribution in [0.3, 0.4) is 0 Å². The van der Waals surface area contributed by atoms with Crippen LogP contribution in [0.1, 0.15) is 6.92 Å². The highest BCUT2D eigenvalue weighted by molar-refractivity contribution is 6.33. The van der Waals surface area contributed by atoms with E-state index in [0.717, 1.165) is 0 Å². The second kappa shape index (κ2) is 8.41. The molecule has 2 heterocycles. The zero-order valence-corrected chi connectivity index (χ0v) is 16.1. The number of urea groups is 1. The number of nitrogens with two attached hydrogens (primary N) is 1. The van der Waals surface area contributed by atoms with E-state index in [-0.39, 0.29) is 10.6 Å². The number of imide groups is 1. The topological polar surface area (TPSA) is 114 Å². The number of benzene rings is 1. The molecule has 28 heavy (non-hydrogen) atoms. The van der Waals surface area contributed by atoms with Gasteiger partial charge in [-0.3, -0.25) is 19.8 Å². The van der Waals surface area contributed by atoms with Crippen LogP contribution in [-0.4, -0.2) is 58.8 Å². The number of anilines is 1. The average molecular weight is 405 g/mol. The molecule has 1 atom stereocenters. The minimum Gasteiger partial charge on any atom is -0.366 e. The van der Waals surface area contributed by atoms with Crippen LogP contribution in [0.15, 0.2) is 41.3 Å². The number of piperazine rings is 1. The first-order valence-corrected chi connectivity index (χ1v) is 9.19. The number of halogens is 1. The number of hydrogen-bond acceptors (Lipinski definition) is 6. The minimum atomic E-state index is -0.868. The molecule has 3 rings (SSSR count). The number of hydrogen-bond donors (Lipinski definition) is 2. The van der Waals surface area contributed by atoms with Crippen LogP contribution in [0.5, 0.6) is 0 Å². The Morgan fingerprint density at radius 2 is 1.82 bits per heavy atom. The summed E-state index contributed by atoms with van der Waals surface area (Å²) in [6.45, 7) is 3.95. The van der Waals surface area contributed by atoms with Crippen molar-refractivity contribution in [3.63, 3.8) is 0 Å². The highest BCUT2D eigenvalue weighted by Gasteiger charge is 2.27. The average Bonchev–Trinajstić information content (AvgIpc) is 2.70. The lowest BCUT2D eigenvalue weighted by Crippen LogP contribution is -2.55. The van der Waals surface area contributed by atoms with Crippen LogP contribution in [0, 0.1) is 0 Å². The number of para-hydroxylation sites is 1. The Labute approximate surface area is 166 Å². The number of nitrogens with one attached hydrogen (secondary N) is 1. The molecule has 0 radical (unpaired) electrons. The Morgan fingerprint density at radius 3 is 2.43 bits per heavy atom. The second-order valence-corrected chi connectivity index (χ2v) is 6.83. The van der Waals surface area contributed by atoms with Gasteiger partial charge in [0.1, 0.15) is 5.02 Å². The van der Waals surface area contributed by atoms with Gasteiger partial charge in [0.15, 0.2) is 0 Å². The van der Waals surface area contributed by atoms with Crippen LogP contribution in [0.4, 0.5) is 10.5 Å². The van der Waals surface area contributed by atoms with Crippen LogP contribution >= 0.6 is 11.6 Å². The Morgan fingerprint density at radius 1 is 1.18 bits per heavy atom. The lowest BCUT2D eigenvalue weighted by molar-refractivity contribution is -0.124. The lowest BCUT2D eigenvalue weighted by Gasteiger charge is -2.38. The molecule has 1 unspecified atom stereocenters. The van der Waals surface area contributed by atoms with E-state index >= 15 is 0 Å². The van der Waals surface area contributed by atoms with E-state index in [4.69, 9.17) is 17.3 Å². The first kappa shape index (κ1) is 19.8. The van der Waals surface area contributed by atoms with Gasteiger partial charge < -0.3 is 10.6 Å². The monoisotopic (exact) mass is 404 g/mol. The van der Waals surface area contributed by atoms with Crippen LogP contribution < -0.4 is 21.5 Å². The summed E-state index contributed by atoms with van der Waals surface area (Å²) < 4.78 is 1.26. The van der Waals surface area contributed by atoms with Crippen LogP contribution in [0.25, 0.3) is 5.69 Å². The molecule has 3 amide bonds. The van der Waals surface area contributed by atoms with E-state index in [1.54, 1.807) is 25.3 Å². The first-order valence-electron chi connectivity index (χ1n) is 8.81. The van der Waals surface area contributed by atoms with Crippen molar-refractivity contribution in [1.29, 1.82) is 0 Å². The summed E-state index contributed by atoms with van der Waals surface area (Å²) in [5.74, 6) is -0.439. The number of carbonyl (C=O) groups excluding carboxylic acids is 2. The van der Waals surface area contributed by atoms with Gasteiger partial charge in [0.05, 0.1) is 23.6 Å². The van der Waals surface area contributed by atoms with Crippen molar-refractivity contribution in [1.82, 2.24) is 20.0 Å². The summed E-state index contributed by atoms with van der Waals surface area (Å²) in [6.07, 6.45) is 1.58. The van der Waals surface area contributed by atoms with E-state index in [2.05, 4.69) is 10.4 Å². The normalized spacial score (nSPS) is 15.9. The maximum absolute atomic E-state index is 12.6. The number of amides is 3. The van der Waals surface area contributed by atoms with E-state index in [9.17, 15) is 14.4 Å². The molecule has 2 aromatic rings. The van der Waals surface area contributed by atoms with Gasteiger partial charge in [0, 0.05) is 26.2 Å². The summed E-state index contributed by atoms with van der Waals surface area (Å²) >= 11 is 6.34. The number of nitrogens with zero attached hydrogens (tertiary/aromatic N) is 4. The molecule has 1 saturated heterocycles. The quantitative estimate of drug-likeness (QED) is 0.771. The molecule has 148 valence electrons. The Balaban J connectivity index is 1.71. The predicted molar refractivity (Wildman–Crippen MR) is 106 cm³/mol. The minimum absolute atomic E-state index is 0.104. The molecule has 1 aromatic heterocycles. The van der Waals surface area contributed by atoms with E-state index in [1.165, 1.54) is 4.68 Å². The van der Waals surface area contributed by atoms with Crippen molar-refractivity contribution in [3.8, 4) is 5.69 Å². The second-order valence-electron chi connectivity index (χ2n) is 6.45. The summed E-state index contributed by atoms with van der Waals surface area (Å²) in [4.78, 5) is 39.3. The van der Waals surface area contributed by atoms with Gasteiger partial charge in [-0.05, 0) is 19.1 Å². The molecule has 0 spiro atoms. The molecule has 10 heteroatoms. The zero-order chi connectivity index (χ0) is 20.3. The molecule has 0 saturated carbocycles. The molecule has 1 fully saturated rings. The van der Waals surface area contributed by atoms with Crippen molar-refractivity contribution < 1.29 is 9.59 Å². The summed E-state index contributed by atoms with van der Waals surface area (Å²) in [5, 5.41) is 6.44. The molecule has 3 N–H and O–H groups in total. The molecule has 0 bridgehead atoms. The molecule has 1 aliphatic rings. The van der Waals surface area contributed by atoms with Gasteiger partial charge in [-0.2, -0.15) is 9.78 Å². The van der Waals surface area contributed by atoms with Crippen LogP contribution in [0.2, 0.25) is 5.02 Å². The largest absolute Gasteiger partial charge is 0.366 e. The van der Waals surface area contributed by atoms with Gasteiger partial charge in [0.2, 0.25) is 5.91 Å². The fourth-order valence-corrected chi connectivity index (χ4v) is 3.39. The number of aromatic nitrogens is 2. The van der Waals surface area contributed by atoms with E-state index in [0.29, 0.717) is 37.6 Å². The molecular formula is C18H21ClN6O3. The Bertz CT molecular complexity index is 925. The van der Waals surface area contributed by atoms with Gasteiger partial charge in [0.25, 0.3) is 5.56 Å². The number of carbonyl (C=O) groups is 2. The fourth-order valence-electron chi connectivity index (χ4n) is 3.14. The molecular weight excluding hydrogens is 384 g/mol. The van der Waals surface area contributed by atoms with Gasteiger partial charge in [-0.15, -0.1) is 0 Å². The molecule has 1 aromatic carbocycles. The van der Waals surface area contributed by atoms with Gasteiger partial charge in [-0.1, -0.05) is 29.8 Å². The fraction of sp³-hybridized carbons (Fsp3) is 0.333. The van der Waals surface area contributed by atoms with Gasteiger partial charge >= 0.3 is 6.03 Å². The van der Waals surface area contributed by atoms with Crippen molar-refractivity contribution in [2.75, 3.05) is 31.1 Å². The smallest absolute Gasteiger partial charge is 0.318 e. The highest BCUT2D eigenvalue weighted by atomic mass is 35.5. The third-order valence-electron chi connectivity index (χ3n) is 4.73. The Hall–Kier alpha value is -2.91. The summed E-state index contributed by atoms with van der Waals surface area (Å²) in [5.41, 5.74) is 5.81.